The molecule has 9 rings (SSSR count). The van der Waals surface area contributed by atoms with Gasteiger partial charge < -0.3 is 10.6 Å². The molecule has 224 valence electrons. The Morgan fingerprint density at radius 2 is 1.18 bits per heavy atom. The molecule has 0 heterocycles. The molecule has 0 radical (unpaired) electrons. The van der Waals surface area contributed by atoms with Crippen molar-refractivity contribution in [3.63, 3.8) is 0 Å². The van der Waals surface area contributed by atoms with Gasteiger partial charge in [-0.25, -0.2) is 0 Å². The van der Waals surface area contributed by atoms with Crippen LogP contribution in [0.5, 0.6) is 0 Å². The monoisotopic (exact) mass is 620 g/mol. The number of hydrogen-bond donors (Lipinski definition) is 2. The highest BCUT2D eigenvalue weighted by molar-refractivity contribution is 7.80. The molecule has 4 bridgehead atoms. The number of benzene rings is 5. The zero-order valence-corrected chi connectivity index (χ0v) is 24.1. The molecule has 2 N–H and O–H groups in total. The van der Waals surface area contributed by atoms with Crippen LogP contribution in [0.4, 0.5) is 37.7 Å². The van der Waals surface area contributed by atoms with Crippen molar-refractivity contribution in [3.8, 4) is 11.1 Å². The highest BCUT2D eigenvalue weighted by Crippen LogP contribution is 2.38. The van der Waals surface area contributed by atoms with E-state index in [2.05, 4.69) is 59.2 Å². The summed E-state index contributed by atoms with van der Waals surface area (Å²) in [6.45, 7) is 0. The molecule has 5 aromatic rings. The van der Waals surface area contributed by atoms with Crippen LogP contribution < -0.4 is 10.6 Å². The quantitative estimate of drug-likeness (QED) is 0.155. The van der Waals surface area contributed by atoms with Crippen molar-refractivity contribution in [1.29, 1.82) is 0 Å². The van der Waals surface area contributed by atoms with Gasteiger partial charge in [0.15, 0.2) is 5.11 Å². The fraction of sp³-hybridized carbons (Fsp3) is 0.171. The van der Waals surface area contributed by atoms with E-state index in [1.807, 2.05) is 30.3 Å². The van der Waals surface area contributed by atoms with Crippen LogP contribution in [-0.2, 0) is 38.0 Å². The lowest BCUT2D eigenvalue weighted by molar-refractivity contribution is -0.143. The average molecular weight is 621 g/mol. The van der Waals surface area contributed by atoms with Crippen molar-refractivity contribution in [2.75, 3.05) is 10.6 Å². The Hall–Kier alpha value is -4.37. The molecule has 0 aromatic heterocycles. The zero-order valence-electron chi connectivity index (χ0n) is 23.2. The lowest BCUT2D eigenvalue weighted by Crippen LogP contribution is -2.21. The molecule has 9 heteroatoms. The van der Waals surface area contributed by atoms with Crippen LogP contribution in [0.2, 0.25) is 0 Å². The van der Waals surface area contributed by atoms with Crippen molar-refractivity contribution in [3.05, 3.63) is 130 Å². The van der Waals surface area contributed by atoms with E-state index in [1.54, 1.807) is 0 Å². The fourth-order valence-electron chi connectivity index (χ4n) is 5.69. The van der Waals surface area contributed by atoms with E-state index < -0.39 is 29.2 Å². The molecule has 4 aliphatic rings. The molecular formula is C35H26F6N2S. The van der Waals surface area contributed by atoms with Gasteiger partial charge >= 0.3 is 12.4 Å². The Bertz CT molecular complexity index is 1840. The van der Waals surface area contributed by atoms with E-state index in [4.69, 9.17) is 12.2 Å². The fourth-order valence-corrected chi connectivity index (χ4v) is 5.92. The number of aryl methyl sites for hydroxylation is 4. The highest BCUT2D eigenvalue weighted by atomic mass is 32.1. The molecule has 4 aliphatic carbocycles. The molecule has 0 saturated heterocycles. The molecule has 0 amide bonds. The SMILES string of the molecule is FC(F)(F)c1cc(NC(=S)Nc2cc3ccc2CCc2ccc(cc2-c2cccc4ccccc24)CC3)cc(C(F)(F)F)c1. The molecule has 0 fully saturated rings. The van der Waals surface area contributed by atoms with Crippen molar-refractivity contribution >= 4 is 39.5 Å². The summed E-state index contributed by atoms with van der Waals surface area (Å²) < 4.78 is 80.2. The smallest absolute Gasteiger partial charge is 0.332 e. The molecule has 44 heavy (non-hydrogen) atoms. The number of fused-ring (bicyclic) bond motifs is 1. The lowest BCUT2D eigenvalue weighted by atomic mass is 9.88. The van der Waals surface area contributed by atoms with Crippen LogP contribution in [0, 0.1) is 0 Å². The molecule has 0 atom stereocenters. The van der Waals surface area contributed by atoms with Gasteiger partial charge in [0, 0.05) is 11.4 Å². The summed E-state index contributed by atoms with van der Waals surface area (Å²) in [6, 6.07) is 28.5. The maximum absolute atomic E-state index is 13.4. The number of alkyl halides is 6. The first-order valence-electron chi connectivity index (χ1n) is 14.0. The van der Waals surface area contributed by atoms with E-state index in [0.717, 1.165) is 34.9 Å². The summed E-state index contributed by atoms with van der Waals surface area (Å²) in [7, 11) is 0. The minimum Gasteiger partial charge on any atom is -0.332 e. The van der Waals surface area contributed by atoms with Crippen LogP contribution in [0.1, 0.15) is 33.4 Å². The third-order valence-electron chi connectivity index (χ3n) is 7.89. The molecule has 0 saturated carbocycles. The van der Waals surface area contributed by atoms with Crippen LogP contribution in [0.15, 0.2) is 97.1 Å². The van der Waals surface area contributed by atoms with Gasteiger partial charge in [0.2, 0.25) is 0 Å². The molecule has 5 aromatic carbocycles. The highest BCUT2D eigenvalue weighted by Gasteiger charge is 2.37. The Labute approximate surface area is 255 Å². The second-order valence-electron chi connectivity index (χ2n) is 10.9. The Kier molecular flexibility index (Phi) is 7.84. The van der Waals surface area contributed by atoms with Gasteiger partial charge in [-0.05, 0) is 106 Å². The largest absolute Gasteiger partial charge is 0.416 e. The van der Waals surface area contributed by atoms with Crippen molar-refractivity contribution in [1.82, 2.24) is 0 Å². The van der Waals surface area contributed by atoms with E-state index in [0.29, 0.717) is 30.7 Å². The summed E-state index contributed by atoms with van der Waals surface area (Å²) in [5.41, 5.74) is 4.06. The second-order valence-corrected chi connectivity index (χ2v) is 11.3. The van der Waals surface area contributed by atoms with Crippen LogP contribution >= 0.6 is 12.2 Å². The molecule has 0 unspecified atom stereocenters. The summed E-state index contributed by atoms with van der Waals surface area (Å²) in [6.07, 6.45) is -7.07. The van der Waals surface area contributed by atoms with E-state index >= 15 is 0 Å². The van der Waals surface area contributed by atoms with Gasteiger partial charge in [0.05, 0.1) is 11.1 Å². The molecule has 2 nitrogen and oxygen atoms in total. The molecular weight excluding hydrogens is 594 g/mol. The number of nitrogens with one attached hydrogen (secondary N) is 2. The van der Waals surface area contributed by atoms with Gasteiger partial charge in [-0.2, -0.15) is 26.3 Å². The first kappa shape index (κ1) is 29.7. The van der Waals surface area contributed by atoms with Crippen LogP contribution in [-0.4, -0.2) is 5.11 Å². The first-order chi connectivity index (χ1) is 20.9. The number of hydrogen-bond acceptors (Lipinski definition) is 1. The predicted molar refractivity (Wildman–Crippen MR) is 167 cm³/mol. The summed E-state index contributed by atoms with van der Waals surface area (Å²) in [5, 5.41) is 7.80. The minimum atomic E-state index is -4.96. The van der Waals surface area contributed by atoms with Crippen molar-refractivity contribution in [2.45, 2.75) is 38.0 Å². The lowest BCUT2D eigenvalue weighted by Gasteiger charge is -2.20. The van der Waals surface area contributed by atoms with Crippen molar-refractivity contribution < 1.29 is 26.3 Å². The van der Waals surface area contributed by atoms with Crippen molar-refractivity contribution in [2.24, 2.45) is 0 Å². The molecule has 0 spiro atoms. The number of thiocarbonyl (C=S) groups is 1. The molecule has 0 aliphatic heterocycles. The van der Waals surface area contributed by atoms with E-state index in [-0.39, 0.29) is 11.2 Å². The maximum Gasteiger partial charge on any atom is 0.416 e. The summed E-state index contributed by atoms with van der Waals surface area (Å²) in [4.78, 5) is 0. The van der Waals surface area contributed by atoms with Gasteiger partial charge in [-0.1, -0.05) is 72.8 Å². The Morgan fingerprint density at radius 3 is 1.89 bits per heavy atom. The summed E-state index contributed by atoms with van der Waals surface area (Å²) in [5.74, 6) is 0. The minimum absolute atomic E-state index is 0.0893. The number of rotatable bonds is 3. The number of anilines is 2. The normalized spacial score (nSPS) is 13.4. The predicted octanol–water partition coefficient (Wildman–Crippen LogP) is 10.2. The Balaban J connectivity index is 1.29. The van der Waals surface area contributed by atoms with E-state index in [1.165, 1.54) is 22.1 Å². The number of halogens is 6. The van der Waals surface area contributed by atoms with Gasteiger partial charge in [-0.3, -0.25) is 0 Å². The first-order valence-corrected chi connectivity index (χ1v) is 14.4. The van der Waals surface area contributed by atoms with E-state index in [9.17, 15) is 26.3 Å². The topological polar surface area (TPSA) is 24.1 Å². The van der Waals surface area contributed by atoms with Gasteiger partial charge in [0.1, 0.15) is 0 Å². The van der Waals surface area contributed by atoms with Crippen LogP contribution in [0.25, 0.3) is 21.9 Å². The third kappa shape index (κ3) is 6.43. The maximum atomic E-state index is 13.4. The summed E-state index contributed by atoms with van der Waals surface area (Å²) >= 11 is 5.37. The van der Waals surface area contributed by atoms with Crippen LogP contribution in [0.3, 0.4) is 0 Å². The average Bonchev–Trinajstić information content (AvgIpc) is 2.97. The second kappa shape index (κ2) is 11.6. The van der Waals surface area contributed by atoms with Gasteiger partial charge in [0.25, 0.3) is 0 Å². The third-order valence-corrected chi connectivity index (χ3v) is 8.09. The standard InChI is InChI=1S/C35H26F6N2S/c36-34(37,38)26-18-27(35(39,40)41)20-28(19-26)42-33(44)43-32-17-22-9-8-21-10-12-24(14-15-25(32)13-11-22)31(16-21)30-7-3-5-23-4-1-2-6-29(23)30/h1-7,10-13,16-20H,8-9,14-15H2,(H2,42,43,44). The zero-order chi connectivity index (χ0) is 31.1. The van der Waals surface area contributed by atoms with Gasteiger partial charge in [-0.15, -0.1) is 0 Å². The Morgan fingerprint density at radius 1 is 0.568 bits per heavy atom.